The Morgan fingerprint density at radius 1 is 1.22 bits per heavy atom. The molecule has 5 heteroatoms. The smallest absolute Gasteiger partial charge is 0.365 e. The molecule has 0 saturated carbocycles. The monoisotopic (exact) mass is 259 g/mol. The van der Waals surface area contributed by atoms with Crippen LogP contribution in [0.15, 0.2) is 24.3 Å². The van der Waals surface area contributed by atoms with Crippen LogP contribution in [-0.2, 0) is 10.9 Å². The zero-order valence-electron chi connectivity index (χ0n) is 10.3. The average molecular weight is 259 g/mol. The van der Waals surface area contributed by atoms with Crippen molar-refractivity contribution in [3.63, 3.8) is 0 Å². The third kappa shape index (κ3) is 3.03. The number of nitrogens with one attached hydrogen (secondary N) is 1. The molecule has 1 heterocycles. The number of ether oxygens (including phenoxy) is 1. The van der Waals surface area contributed by atoms with Crippen molar-refractivity contribution in [1.82, 2.24) is 5.32 Å². The van der Waals surface area contributed by atoms with Crippen molar-refractivity contribution in [3.05, 3.63) is 35.4 Å². The van der Waals surface area contributed by atoms with Gasteiger partial charge in [-0.3, -0.25) is 0 Å². The van der Waals surface area contributed by atoms with Gasteiger partial charge in [-0.15, -0.1) is 0 Å². The van der Waals surface area contributed by atoms with E-state index in [2.05, 4.69) is 5.32 Å². The number of rotatable bonds is 1. The lowest BCUT2D eigenvalue weighted by Crippen LogP contribution is -2.46. The van der Waals surface area contributed by atoms with Gasteiger partial charge in [0.15, 0.2) is 0 Å². The normalized spacial score (nSPS) is 23.9. The average Bonchev–Trinajstić information content (AvgIpc) is 2.27. The summed E-state index contributed by atoms with van der Waals surface area (Å²) >= 11 is 0. The highest BCUT2D eigenvalue weighted by atomic mass is 19.4. The van der Waals surface area contributed by atoms with Gasteiger partial charge in [0.1, 0.15) is 0 Å². The third-order valence-corrected chi connectivity index (χ3v) is 2.95. The second kappa shape index (κ2) is 4.55. The van der Waals surface area contributed by atoms with E-state index in [1.807, 2.05) is 13.8 Å². The van der Waals surface area contributed by atoms with Gasteiger partial charge in [-0.25, -0.2) is 0 Å². The second-order valence-corrected chi connectivity index (χ2v) is 5.12. The van der Waals surface area contributed by atoms with Crippen molar-refractivity contribution in [2.45, 2.75) is 31.7 Å². The first kappa shape index (κ1) is 13.4. The number of alkyl halides is 3. The van der Waals surface area contributed by atoms with Gasteiger partial charge >= 0.3 is 6.18 Å². The molecular formula is C13H16F3NO. The van der Waals surface area contributed by atoms with Gasteiger partial charge < -0.3 is 10.1 Å². The molecule has 0 amide bonds. The maximum atomic E-state index is 12.4. The second-order valence-electron chi connectivity index (χ2n) is 5.12. The van der Waals surface area contributed by atoms with Crippen molar-refractivity contribution in [1.29, 1.82) is 0 Å². The lowest BCUT2D eigenvalue weighted by atomic mass is 10.0. The summed E-state index contributed by atoms with van der Waals surface area (Å²) in [5, 5.41) is 3.22. The highest BCUT2D eigenvalue weighted by molar-refractivity contribution is 5.26. The molecule has 1 aromatic carbocycles. The van der Waals surface area contributed by atoms with Crippen LogP contribution >= 0.6 is 0 Å². The Kier molecular flexibility index (Phi) is 3.38. The van der Waals surface area contributed by atoms with E-state index >= 15 is 0 Å². The summed E-state index contributed by atoms with van der Waals surface area (Å²) in [6.45, 7) is 5.27. The molecule has 100 valence electrons. The number of hydrogen-bond donors (Lipinski definition) is 1. The Morgan fingerprint density at radius 2 is 1.83 bits per heavy atom. The molecule has 1 aromatic rings. The van der Waals surface area contributed by atoms with Crippen LogP contribution in [0.4, 0.5) is 13.2 Å². The Bertz CT molecular complexity index is 411. The topological polar surface area (TPSA) is 21.3 Å². The molecule has 1 unspecified atom stereocenters. The Hall–Kier alpha value is -1.07. The highest BCUT2D eigenvalue weighted by Crippen LogP contribution is 2.32. The number of hydrogen-bond acceptors (Lipinski definition) is 2. The molecule has 18 heavy (non-hydrogen) atoms. The minimum atomic E-state index is -4.29. The van der Waals surface area contributed by atoms with Gasteiger partial charge in [0.05, 0.1) is 17.3 Å². The molecule has 1 aliphatic rings. The Morgan fingerprint density at radius 3 is 2.33 bits per heavy atom. The largest absolute Gasteiger partial charge is 0.416 e. The van der Waals surface area contributed by atoms with Crippen molar-refractivity contribution in [2.24, 2.45) is 0 Å². The Balaban J connectivity index is 2.15. The summed E-state index contributed by atoms with van der Waals surface area (Å²) in [5.74, 6) is 0. The first-order valence-electron chi connectivity index (χ1n) is 5.84. The summed E-state index contributed by atoms with van der Waals surface area (Å²) in [5.41, 5.74) is -0.163. The summed E-state index contributed by atoms with van der Waals surface area (Å²) in [6.07, 6.45) is -4.49. The first-order chi connectivity index (χ1) is 8.28. The van der Waals surface area contributed by atoms with Crippen LogP contribution in [0.25, 0.3) is 0 Å². The predicted octanol–water partition coefficient (Wildman–Crippen LogP) is 3.14. The molecule has 0 bridgehead atoms. The standard InChI is InChI=1S/C13H16F3NO/c1-12(2)8-17-7-11(18-12)9-3-5-10(6-4-9)13(14,15)16/h3-6,11,17H,7-8H2,1-2H3. The van der Waals surface area contributed by atoms with Gasteiger partial charge in [-0.05, 0) is 31.5 Å². The van der Waals surface area contributed by atoms with Crippen LogP contribution in [0.5, 0.6) is 0 Å². The molecular weight excluding hydrogens is 243 g/mol. The summed E-state index contributed by atoms with van der Waals surface area (Å²) < 4.78 is 43.2. The molecule has 0 spiro atoms. The van der Waals surface area contributed by atoms with Crippen molar-refractivity contribution in [3.8, 4) is 0 Å². The minimum Gasteiger partial charge on any atom is -0.365 e. The maximum absolute atomic E-state index is 12.4. The van der Waals surface area contributed by atoms with Crippen molar-refractivity contribution < 1.29 is 17.9 Å². The first-order valence-corrected chi connectivity index (χ1v) is 5.84. The molecule has 0 aliphatic carbocycles. The molecule has 1 atom stereocenters. The molecule has 1 fully saturated rings. The zero-order chi connectivity index (χ0) is 13.4. The molecule has 0 aromatic heterocycles. The molecule has 1 saturated heterocycles. The SMILES string of the molecule is CC1(C)CNCC(c2ccc(C(F)(F)F)cc2)O1. The quantitative estimate of drug-likeness (QED) is 0.836. The van der Waals surface area contributed by atoms with E-state index in [1.54, 1.807) is 0 Å². The summed E-state index contributed by atoms with van der Waals surface area (Å²) in [4.78, 5) is 0. The van der Waals surface area contributed by atoms with Crippen molar-refractivity contribution in [2.75, 3.05) is 13.1 Å². The number of morpholine rings is 1. The van der Waals surface area contributed by atoms with Gasteiger partial charge in [0.2, 0.25) is 0 Å². The number of halogens is 3. The van der Waals surface area contributed by atoms with Gasteiger partial charge in [-0.1, -0.05) is 12.1 Å². The van der Waals surface area contributed by atoms with Crippen LogP contribution in [0.3, 0.4) is 0 Å². The summed E-state index contributed by atoms with van der Waals surface area (Å²) in [6, 6.07) is 5.16. The van der Waals surface area contributed by atoms with Gasteiger partial charge in [-0.2, -0.15) is 13.2 Å². The van der Waals surface area contributed by atoms with E-state index < -0.39 is 11.7 Å². The molecule has 1 aliphatic heterocycles. The lowest BCUT2D eigenvalue weighted by Gasteiger charge is -2.36. The van der Waals surface area contributed by atoms with Crippen LogP contribution in [0.1, 0.15) is 31.1 Å². The summed E-state index contributed by atoms with van der Waals surface area (Å²) in [7, 11) is 0. The van der Waals surface area contributed by atoms with Crippen LogP contribution in [0, 0.1) is 0 Å². The fourth-order valence-electron chi connectivity index (χ4n) is 2.05. The molecule has 1 N–H and O–H groups in total. The van der Waals surface area contributed by atoms with E-state index in [0.717, 1.165) is 24.2 Å². The van der Waals surface area contributed by atoms with E-state index in [0.29, 0.717) is 6.54 Å². The van der Waals surface area contributed by atoms with Crippen LogP contribution in [0.2, 0.25) is 0 Å². The Labute approximate surface area is 104 Å². The van der Waals surface area contributed by atoms with Gasteiger partial charge in [0, 0.05) is 13.1 Å². The van der Waals surface area contributed by atoms with Gasteiger partial charge in [0.25, 0.3) is 0 Å². The lowest BCUT2D eigenvalue weighted by molar-refractivity contribution is -0.137. The zero-order valence-corrected chi connectivity index (χ0v) is 10.3. The predicted molar refractivity (Wildman–Crippen MR) is 62.2 cm³/mol. The van der Waals surface area contributed by atoms with E-state index in [4.69, 9.17) is 4.74 Å². The highest BCUT2D eigenvalue weighted by Gasteiger charge is 2.32. The fraction of sp³-hybridized carbons (Fsp3) is 0.538. The molecule has 2 nitrogen and oxygen atoms in total. The minimum absolute atomic E-state index is 0.198. The molecule has 2 rings (SSSR count). The van der Waals surface area contributed by atoms with Crippen LogP contribution in [-0.4, -0.2) is 18.7 Å². The maximum Gasteiger partial charge on any atom is 0.416 e. The van der Waals surface area contributed by atoms with E-state index in [9.17, 15) is 13.2 Å². The van der Waals surface area contributed by atoms with E-state index in [1.165, 1.54) is 12.1 Å². The van der Waals surface area contributed by atoms with E-state index in [-0.39, 0.29) is 11.7 Å². The third-order valence-electron chi connectivity index (χ3n) is 2.95. The molecule has 0 radical (unpaired) electrons. The van der Waals surface area contributed by atoms with Crippen molar-refractivity contribution >= 4 is 0 Å². The van der Waals surface area contributed by atoms with Crippen LogP contribution < -0.4 is 5.32 Å². The number of benzene rings is 1. The fourth-order valence-corrected chi connectivity index (χ4v) is 2.05.